The molecule has 0 saturated heterocycles. The molecule has 2 aliphatic rings. The molecular formula is C13H25IN4O. The Labute approximate surface area is 132 Å². The second-order valence-electron chi connectivity index (χ2n) is 5.31. The number of aliphatic imine (C=N–C) groups is 1. The molecule has 19 heavy (non-hydrogen) atoms. The second kappa shape index (κ2) is 8.60. The maximum atomic E-state index is 11.4. The Hall–Kier alpha value is -0.530. The molecule has 2 saturated carbocycles. The first-order valence-corrected chi connectivity index (χ1v) is 7.10. The molecule has 0 spiro atoms. The van der Waals surface area contributed by atoms with Crippen LogP contribution in [0.2, 0.25) is 0 Å². The highest BCUT2D eigenvalue weighted by Gasteiger charge is 2.28. The number of rotatable bonds is 5. The Kier molecular flexibility index (Phi) is 7.48. The minimum absolute atomic E-state index is 0. The third-order valence-electron chi connectivity index (χ3n) is 3.60. The summed E-state index contributed by atoms with van der Waals surface area (Å²) in [5.74, 6) is 0.957. The molecule has 5 nitrogen and oxygen atoms in total. The van der Waals surface area contributed by atoms with E-state index >= 15 is 0 Å². The molecule has 0 unspecified atom stereocenters. The maximum absolute atomic E-state index is 11.4. The van der Waals surface area contributed by atoms with Crippen LogP contribution in [0.25, 0.3) is 0 Å². The molecule has 4 N–H and O–H groups in total. The van der Waals surface area contributed by atoms with Crippen LogP contribution in [0.15, 0.2) is 4.99 Å². The minimum Gasteiger partial charge on any atom is -0.370 e. The summed E-state index contributed by atoms with van der Waals surface area (Å²) in [6.07, 6.45) is 8.36. The first-order valence-electron chi connectivity index (χ1n) is 7.10. The Balaban J connectivity index is 0.00000180. The van der Waals surface area contributed by atoms with E-state index in [9.17, 15) is 4.79 Å². The first kappa shape index (κ1) is 16.5. The van der Waals surface area contributed by atoms with Gasteiger partial charge in [0.25, 0.3) is 0 Å². The zero-order valence-electron chi connectivity index (χ0n) is 11.4. The number of carbonyl (C=O) groups is 1. The summed E-state index contributed by atoms with van der Waals surface area (Å²) in [6.45, 7) is 1.15. The summed E-state index contributed by atoms with van der Waals surface area (Å²) in [7, 11) is 0. The zero-order chi connectivity index (χ0) is 12.8. The quantitative estimate of drug-likeness (QED) is 0.292. The van der Waals surface area contributed by atoms with Gasteiger partial charge in [-0.2, -0.15) is 0 Å². The monoisotopic (exact) mass is 380 g/mol. The third kappa shape index (κ3) is 6.44. The number of nitrogens with two attached hydrogens (primary N) is 1. The largest absolute Gasteiger partial charge is 0.370 e. The molecule has 0 aromatic carbocycles. The SMILES string of the molecule is I.NC(=NCCNC(=O)C1CC1)NC1CCCCC1. The van der Waals surface area contributed by atoms with Gasteiger partial charge in [-0.15, -0.1) is 24.0 Å². The normalized spacial score (nSPS) is 20.5. The van der Waals surface area contributed by atoms with Gasteiger partial charge in [-0.3, -0.25) is 9.79 Å². The number of halogens is 1. The zero-order valence-corrected chi connectivity index (χ0v) is 13.7. The molecule has 0 bridgehead atoms. The molecule has 0 heterocycles. The Bertz CT molecular complexity index is 312. The number of guanidine groups is 1. The highest BCUT2D eigenvalue weighted by molar-refractivity contribution is 14.0. The van der Waals surface area contributed by atoms with Gasteiger partial charge >= 0.3 is 0 Å². The Morgan fingerprint density at radius 2 is 1.84 bits per heavy atom. The summed E-state index contributed by atoms with van der Waals surface area (Å²) < 4.78 is 0. The van der Waals surface area contributed by atoms with E-state index in [1.54, 1.807) is 0 Å². The fourth-order valence-corrected chi connectivity index (χ4v) is 2.35. The van der Waals surface area contributed by atoms with Crippen molar-refractivity contribution in [1.82, 2.24) is 10.6 Å². The smallest absolute Gasteiger partial charge is 0.223 e. The van der Waals surface area contributed by atoms with Gasteiger partial charge in [0.2, 0.25) is 5.91 Å². The lowest BCUT2D eigenvalue weighted by atomic mass is 9.96. The first-order chi connectivity index (χ1) is 8.75. The van der Waals surface area contributed by atoms with Crippen LogP contribution in [0, 0.1) is 5.92 Å². The number of carbonyl (C=O) groups excluding carboxylic acids is 1. The second-order valence-corrected chi connectivity index (χ2v) is 5.31. The van der Waals surface area contributed by atoms with E-state index in [2.05, 4.69) is 15.6 Å². The lowest BCUT2D eigenvalue weighted by Crippen LogP contribution is -2.41. The molecule has 0 aliphatic heterocycles. The van der Waals surface area contributed by atoms with E-state index in [0.29, 0.717) is 25.1 Å². The summed E-state index contributed by atoms with van der Waals surface area (Å²) in [5, 5.41) is 6.13. The fourth-order valence-electron chi connectivity index (χ4n) is 2.35. The lowest BCUT2D eigenvalue weighted by molar-refractivity contribution is -0.122. The summed E-state index contributed by atoms with van der Waals surface area (Å²) >= 11 is 0. The third-order valence-corrected chi connectivity index (χ3v) is 3.60. The molecule has 0 radical (unpaired) electrons. The molecular weight excluding hydrogens is 355 g/mol. The molecule has 6 heteroatoms. The molecule has 0 aromatic rings. The van der Waals surface area contributed by atoms with Crippen molar-refractivity contribution in [2.24, 2.45) is 16.6 Å². The number of nitrogens with zero attached hydrogens (tertiary/aromatic N) is 1. The molecule has 0 atom stereocenters. The molecule has 2 rings (SSSR count). The van der Waals surface area contributed by atoms with Crippen molar-refractivity contribution in [3.63, 3.8) is 0 Å². The average molecular weight is 380 g/mol. The van der Waals surface area contributed by atoms with Crippen molar-refractivity contribution < 1.29 is 4.79 Å². The van der Waals surface area contributed by atoms with E-state index in [1.165, 1.54) is 32.1 Å². The number of hydrogen-bond donors (Lipinski definition) is 3. The van der Waals surface area contributed by atoms with Crippen molar-refractivity contribution in [2.75, 3.05) is 13.1 Å². The highest BCUT2D eigenvalue weighted by Crippen LogP contribution is 2.28. The number of amides is 1. The fraction of sp³-hybridized carbons (Fsp3) is 0.846. The summed E-state index contributed by atoms with van der Waals surface area (Å²) in [6, 6.07) is 0.489. The van der Waals surface area contributed by atoms with Crippen LogP contribution in [-0.2, 0) is 4.79 Å². The van der Waals surface area contributed by atoms with Gasteiger partial charge in [-0.05, 0) is 25.7 Å². The highest BCUT2D eigenvalue weighted by atomic mass is 127. The summed E-state index contributed by atoms with van der Waals surface area (Å²) in [4.78, 5) is 15.6. The molecule has 0 aromatic heterocycles. The van der Waals surface area contributed by atoms with E-state index in [4.69, 9.17) is 5.73 Å². The van der Waals surface area contributed by atoms with E-state index < -0.39 is 0 Å². The van der Waals surface area contributed by atoms with Crippen LogP contribution in [0.4, 0.5) is 0 Å². The van der Waals surface area contributed by atoms with Crippen LogP contribution in [0.5, 0.6) is 0 Å². The van der Waals surface area contributed by atoms with Crippen molar-refractivity contribution in [3.8, 4) is 0 Å². The van der Waals surface area contributed by atoms with Gasteiger partial charge < -0.3 is 16.4 Å². The van der Waals surface area contributed by atoms with Crippen molar-refractivity contribution in [3.05, 3.63) is 0 Å². The van der Waals surface area contributed by atoms with Gasteiger partial charge in [0.1, 0.15) is 0 Å². The van der Waals surface area contributed by atoms with Gasteiger partial charge in [0.15, 0.2) is 5.96 Å². The van der Waals surface area contributed by atoms with Crippen LogP contribution in [0.1, 0.15) is 44.9 Å². The Morgan fingerprint density at radius 3 is 2.47 bits per heavy atom. The van der Waals surface area contributed by atoms with Crippen molar-refractivity contribution in [2.45, 2.75) is 51.0 Å². The van der Waals surface area contributed by atoms with Crippen molar-refractivity contribution >= 4 is 35.8 Å². The number of hydrogen-bond acceptors (Lipinski definition) is 2. The van der Waals surface area contributed by atoms with E-state index in [0.717, 1.165) is 12.8 Å². The topological polar surface area (TPSA) is 79.5 Å². The molecule has 110 valence electrons. The molecule has 2 aliphatic carbocycles. The average Bonchev–Trinajstić information content (AvgIpc) is 3.20. The van der Waals surface area contributed by atoms with Crippen LogP contribution in [-0.4, -0.2) is 31.0 Å². The standard InChI is InChI=1S/C13H24N4O.HI/c14-13(17-11-4-2-1-3-5-11)16-9-8-15-12(18)10-6-7-10;/h10-11H,1-9H2,(H,15,18)(H3,14,16,17);1H. The Morgan fingerprint density at radius 1 is 1.16 bits per heavy atom. The molecule has 1 amide bonds. The van der Waals surface area contributed by atoms with Gasteiger partial charge in [-0.25, -0.2) is 0 Å². The minimum atomic E-state index is 0. The predicted molar refractivity (Wildman–Crippen MR) is 87.6 cm³/mol. The van der Waals surface area contributed by atoms with E-state index in [1.807, 2.05) is 0 Å². The predicted octanol–water partition coefficient (Wildman–Crippen LogP) is 1.37. The van der Waals surface area contributed by atoms with Crippen LogP contribution < -0.4 is 16.4 Å². The maximum Gasteiger partial charge on any atom is 0.223 e. The van der Waals surface area contributed by atoms with Gasteiger partial charge in [0, 0.05) is 18.5 Å². The van der Waals surface area contributed by atoms with Crippen molar-refractivity contribution in [1.29, 1.82) is 0 Å². The number of nitrogens with one attached hydrogen (secondary N) is 2. The van der Waals surface area contributed by atoms with Gasteiger partial charge in [0.05, 0.1) is 6.54 Å². The van der Waals surface area contributed by atoms with Gasteiger partial charge in [-0.1, -0.05) is 19.3 Å². The van der Waals surface area contributed by atoms with Crippen LogP contribution in [0.3, 0.4) is 0 Å². The summed E-state index contributed by atoms with van der Waals surface area (Å²) in [5.41, 5.74) is 5.82. The van der Waals surface area contributed by atoms with E-state index in [-0.39, 0.29) is 35.8 Å². The lowest BCUT2D eigenvalue weighted by Gasteiger charge is -2.23. The molecule has 2 fully saturated rings. The van der Waals surface area contributed by atoms with Crippen LogP contribution >= 0.6 is 24.0 Å².